The quantitative estimate of drug-likeness (QED) is 0.895. The number of ether oxygens (including phenoxy) is 1. The van der Waals surface area contributed by atoms with Crippen LogP contribution in [0.4, 0.5) is 0 Å². The van der Waals surface area contributed by atoms with Gasteiger partial charge in [-0.3, -0.25) is 0 Å². The van der Waals surface area contributed by atoms with Gasteiger partial charge in [0.15, 0.2) is 0 Å². The third-order valence-corrected chi connectivity index (χ3v) is 7.86. The minimum absolute atomic E-state index is 0.0716. The van der Waals surface area contributed by atoms with Gasteiger partial charge in [-0.25, -0.2) is 13.1 Å². The van der Waals surface area contributed by atoms with Crippen LogP contribution in [0.2, 0.25) is 0 Å². The first-order chi connectivity index (χ1) is 9.02. The monoisotopic (exact) mass is 365 g/mol. The van der Waals surface area contributed by atoms with Gasteiger partial charge in [0, 0.05) is 19.3 Å². The van der Waals surface area contributed by atoms with E-state index in [1.165, 1.54) is 11.3 Å². The first-order valence-electron chi connectivity index (χ1n) is 6.37. The van der Waals surface area contributed by atoms with Crippen molar-refractivity contribution in [1.29, 1.82) is 0 Å². The van der Waals surface area contributed by atoms with Gasteiger partial charge >= 0.3 is 0 Å². The number of rotatable bonds is 3. The Kier molecular flexibility index (Phi) is 3.77. The fourth-order valence-electron chi connectivity index (χ4n) is 2.94. The Hall–Kier alpha value is 0.0500. The van der Waals surface area contributed by atoms with Gasteiger partial charge in [0.25, 0.3) is 0 Å². The first-order valence-corrected chi connectivity index (χ1v) is 9.47. The van der Waals surface area contributed by atoms with E-state index in [1.807, 2.05) is 0 Å². The van der Waals surface area contributed by atoms with E-state index in [4.69, 9.17) is 4.74 Å². The molecular formula is C12H16BrNO3S2. The lowest BCUT2D eigenvalue weighted by atomic mass is 9.60. The Bertz CT molecular complexity index is 563. The number of hydrogen-bond acceptors (Lipinski definition) is 4. The van der Waals surface area contributed by atoms with Crippen molar-refractivity contribution in [2.24, 2.45) is 5.41 Å². The maximum absolute atomic E-state index is 12.3. The Balaban J connectivity index is 1.74. The van der Waals surface area contributed by atoms with Crippen LogP contribution in [0.3, 0.4) is 0 Å². The molecule has 1 saturated carbocycles. The molecule has 1 N–H and O–H groups in total. The zero-order valence-electron chi connectivity index (χ0n) is 10.4. The summed E-state index contributed by atoms with van der Waals surface area (Å²) in [6, 6.07) is 3.48. The normalized spacial score (nSPS) is 26.3. The highest BCUT2D eigenvalue weighted by Gasteiger charge is 2.48. The van der Waals surface area contributed by atoms with Crippen LogP contribution in [0.5, 0.6) is 0 Å². The molecule has 3 rings (SSSR count). The van der Waals surface area contributed by atoms with Crippen LogP contribution in [0.15, 0.2) is 20.1 Å². The lowest BCUT2D eigenvalue weighted by molar-refractivity contribution is -0.0483. The lowest BCUT2D eigenvalue weighted by Crippen LogP contribution is -2.57. The molecule has 1 aliphatic carbocycles. The highest BCUT2D eigenvalue weighted by molar-refractivity contribution is 9.11. The van der Waals surface area contributed by atoms with E-state index in [1.54, 1.807) is 12.1 Å². The predicted molar refractivity (Wildman–Crippen MR) is 77.8 cm³/mol. The van der Waals surface area contributed by atoms with Gasteiger partial charge in [0.05, 0.1) is 3.79 Å². The maximum atomic E-state index is 12.3. The van der Waals surface area contributed by atoms with Crippen molar-refractivity contribution >= 4 is 37.3 Å². The van der Waals surface area contributed by atoms with Gasteiger partial charge in [0.2, 0.25) is 10.0 Å². The summed E-state index contributed by atoms with van der Waals surface area (Å²) in [6.07, 6.45) is 3.98. The van der Waals surface area contributed by atoms with E-state index in [2.05, 4.69) is 20.7 Å². The molecular weight excluding hydrogens is 350 g/mol. The summed E-state index contributed by atoms with van der Waals surface area (Å²) in [7, 11) is -3.38. The number of thiophene rings is 1. The van der Waals surface area contributed by atoms with E-state index >= 15 is 0 Å². The van der Waals surface area contributed by atoms with Crippen LogP contribution in [0, 0.1) is 5.41 Å². The molecule has 2 aliphatic rings. The Labute approximate surface area is 125 Å². The molecule has 1 saturated heterocycles. The molecule has 1 atom stereocenters. The second-order valence-corrected chi connectivity index (χ2v) is 9.65. The van der Waals surface area contributed by atoms with Crippen molar-refractivity contribution in [3.05, 3.63) is 15.9 Å². The molecule has 1 spiro atoms. The Morgan fingerprint density at radius 1 is 1.32 bits per heavy atom. The zero-order chi connectivity index (χ0) is 13.5. The number of nitrogens with one attached hydrogen (secondary N) is 1. The Morgan fingerprint density at radius 2 is 2.05 bits per heavy atom. The molecule has 4 nitrogen and oxygen atoms in total. The number of sulfonamides is 1. The second kappa shape index (κ2) is 5.11. The fraction of sp³-hybridized carbons (Fsp3) is 0.667. The van der Waals surface area contributed by atoms with E-state index in [0.717, 1.165) is 42.7 Å². The highest BCUT2D eigenvalue weighted by Crippen LogP contribution is 2.49. The summed E-state index contributed by atoms with van der Waals surface area (Å²) >= 11 is 4.55. The third-order valence-electron chi connectivity index (χ3n) is 4.27. The van der Waals surface area contributed by atoms with Crippen molar-refractivity contribution in [2.75, 3.05) is 13.2 Å². The lowest BCUT2D eigenvalue weighted by Gasteiger charge is -2.51. The van der Waals surface area contributed by atoms with Crippen LogP contribution in [0.25, 0.3) is 0 Å². The maximum Gasteiger partial charge on any atom is 0.250 e. The minimum Gasteiger partial charge on any atom is -0.381 e. The van der Waals surface area contributed by atoms with Crippen LogP contribution < -0.4 is 4.72 Å². The molecule has 1 aliphatic heterocycles. The smallest absolute Gasteiger partial charge is 0.250 e. The zero-order valence-corrected chi connectivity index (χ0v) is 13.6. The van der Waals surface area contributed by atoms with Crippen molar-refractivity contribution in [3.63, 3.8) is 0 Å². The SMILES string of the molecule is O=S(=O)(NC1CCC12CCOCC2)c1ccc(Br)s1. The van der Waals surface area contributed by atoms with Crippen molar-refractivity contribution in [2.45, 2.75) is 35.9 Å². The van der Waals surface area contributed by atoms with Crippen LogP contribution in [0.1, 0.15) is 25.7 Å². The fourth-order valence-corrected chi connectivity index (χ4v) is 6.34. The third kappa shape index (κ3) is 2.63. The van der Waals surface area contributed by atoms with Gasteiger partial charge < -0.3 is 4.74 Å². The van der Waals surface area contributed by atoms with Gasteiger partial charge in [-0.2, -0.15) is 0 Å². The van der Waals surface area contributed by atoms with Gasteiger partial charge in [-0.1, -0.05) is 0 Å². The largest absolute Gasteiger partial charge is 0.381 e. The highest BCUT2D eigenvalue weighted by atomic mass is 79.9. The standard InChI is InChI=1S/C12H16BrNO3S2/c13-10-1-2-11(18-10)19(15,16)14-9-3-4-12(9)5-7-17-8-6-12/h1-2,9,14H,3-8H2. The molecule has 1 aromatic heterocycles. The summed E-state index contributed by atoms with van der Waals surface area (Å²) in [5.41, 5.74) is 0.139. The molecule has 7 heteroatoms. The van der Waals surface area contributed by atoms with Gasteiger partial charge in [-0.15, -0.1) is 11.3 Å². The number of halogens is 1. The summed E-state index contributed by atoms with van der Waals surface area (Å²) in [5, 5.41) is 0. The van der Waals surface area contributed by atoms with E-state index in [9.17, 15) is 8.42 Å². The second-order valence-electron chi connectivity index (χ2n) is 5.25. The molecule has 2 fully saturated rings. The summed E-state index contributed by atoms with van der Waals surface area (Å²) in [6.45, 7) is 1.51. The Morgan fingerprint density at radius 3 is 2.58 bits per heavy atom. The molecule has 1 unspecified atom stereocenters. The molecule has 2 heterocycles. The van der Waals surface area contributed by atoms with Gasteiger partial charge in [0.1, 0.15) is 4.21 Å². The number of hydrogen-bond donors (Lipinski definition) is 1. The van der Waals surface area contributed by atoms with Crippen molar-refractivity contribution < 1.29 is 13.2 Å². The first kappa shape index (κ1) is 14.0. The van der Waals surface area contributed by atoms with E-state index in [0.29, 0.717) is 4.21 Å². The van der Waals surface area contributed by atoms with Crippen molar-refractivity contribution in [3.8, 4) is 0 Å². The minimum atomic E-state index is -3.38. The molecule has 19 heavy (non-hydrogen) atoms. The average Bonchev–Trinajstić information content (AvgIpc) is 2.84. The van der Waals surface area contributed by atoms with Crippen LogP contribution >= 0.6 is 27.3 Å². The molecule has 0 bridgehead atoms. The van der Waals surface area contributed by atoms with Crippen molar-refractivity contribution in [1.82, 2.24) is 4.72 Å². The summed E-state index contributed by atoms with van der Waals surface area (Å²) in [5.74, 6) is 0. The molecule has 0 radical (unpaired) electrons. The summed E-state index contributed by atoms with van der Waals surface area (Å²) < 4.78 is 34.1. The molecule has 106 valence electrons. The topological polar surface area (TPSA) is 55.4 Å². The predicted octanol–water partition coefficient (Wildman–Crippen LogP) is 2.75. The molecule has 0 amide bonds. The molecule has 0 aromatic carbocycles. The van der Waals surface area contributed by atoms with Gasteiger partial charge in [-0.05, 0) is 59.2 Å². The molecule has 1 aromatic rings. The van der Waals surface area contributed by atoms with Crippen LogP contribution in [-0.2, 0) is 14.8 Å². The van der Waals surface area contributed by atoms with E-state index < -0.39 is 10.0 Å². The summed E-state index contributed by atoms with van der Waals surface area (Å²) in [4.78, 5) is 0. The average molecular weight is 366 g/mol. The van der Waals surface area contributed by atoms with E-state index in [-0.39, 0.29) is 11.5 Å². The van der Waals surface area contributed by atoms with Crippen LogP contribution in [-0.4, -0.2) is 27.7 Å².